The molecule has 7 rings (SSSR count). The molecule has 0 saturated carbocycles. The molecular formula is C35H41NO8. The predicted octanol–water partition coefficient (Wildman–Crippen LogP) is 5.20. The zero-order valence-electron chi connectivity index (χ0n) is 25.8. The Labute approximate surface area is 258 Å². The molecule has 9 heteroatoms. The van der Waals surface area contributed by atoms with Crippen molar-refractivity contribution in [2.24, 2.45) is 0 Å². The molecule has 4 aliphatic heterocycles. The zero-order chi connectivity index (χ0) is 30.5. The van der Waals surface area contributed by atoms with Crippen LogP contribution in [0.4, 0.5) is 0 Å². The van der Waals surface area contributed by atoms with E-state index in [1.807, 2.05) is 44.2 Å². The highest BCUT2D eigenvalue weighted by molar-refractivity contribution is 5.86. The van der Waals surface area contributed by atoms with Gasteiger partial charge in [-0.3, -0.25) is 9.69 Å². The molecule has 0 radical (unpaired) electrons. The number of nitrogens with zero attached hydrogens (tertiary/aromatic N) is 1. The normalized spacial score (nSPS) is 29.9. The summed E-state index contributed by atoms with van der Waals surface area (Å²) in [5.74, 6) is 0.812. The molecule has 1 aliphatic carbocycles. The Balaban J connectivity index is 1.21. The Kier molecular flexibility index (Phi) is 7.36. The third-order valence-electron chi connectivity index (χ3n) is 10.1. The van der Waals surface area contributed by atoms with Gasteiger partial charge in [-0.1, -0.05) is 30.3 Å². The molecular weight excluding hydrogens is 562 g/mol. The van der Waals surface area contributed by atoms with Crippen LogP contribution in [0, 0.1) is 0 Å². The summed E-state index contributed by atoms with van der Waals surface area (Å²) in [5, 5.41) is 0. The van der Waals surface area contributed by atoms with Crippen LogP contribution in [0.5, 0.6) is 11.5 Å². The topological polar surface area (TPSA) is 92.8 Å². The van der Waals surface area contributed by atoms with Gasteiger partial charge in [0.2, 0.25) is 6.79 Å². The summed E-state index contributed by atoms with van der Waals surface area (Å²) >= 11 is 0. The van der Waals surface area contributed by atoms with Crippen LogP contribution in [0.1, 0.15) is 75.0 Å². The first kappa shape index (κ1) is 29.2. The van der Waals surface area contributed by atoms with Crippen LogP contribution in [0.3, 0.4) is 0 Å². The minimum atomic E-state index is -1.47. The van der Waals surface area contributed by atoms with Gasteiger partial charge < -0.3 is 28.4 Å². The lowest BCUT2D eigenvalue weighted by atomic mass is 9.77. The van der Waals surface area contributed by atoms with E-state index in [1.165, 1.54) is 0 Å². The van der Waals surface area contributed by atoms with Crippen LogP contribution in [-0.2, 0) is 41.6 Å². The smallest absolute Gasteiger partial charge is 0.339 e. The van der Waals surface area contributed by atoms with E-state index in [2.05, 4.69) is 23.1 Å². The van der Waals surface area contributed by atoms with Crippen molar-refractivity contribution >= 4 is 11.9 Å². The molecule has 0 aromatic heterocycles. The van der Waals surface area contributed by atoms with E-state index in [0.717, 1.165) is 67.6 Å². The van der Waals surface area contributed by atoms with Crippen LogP contribution in [0.2, 0.25) is 0 Å². The van der Waals surface area contributed by atoms with Gasteiger partial charge in [-0.25, -0.2) is 4.79 Å². The molecule has 5 aliphatic rings. The number of carbonyl (C=O) groups is 2. The fourth-order valence-corrected chi connectivity index (χ4v) is 8.11. The predicted molar refractivity (Wildman–Crippen MR) is 160 cm³/mol. The number of rotatable bonds is 7. The summed E-state index contributed by atoms with van der Waals surface area (Å²) in [6.45, 7) is 6.06. The first-order chi connectivity index (χ1) is 21.2. The molecule has 2 saturated heterocycles. The summed E-state index contributed by atoms with van der Waals surface area (Å²) in [6, 6.07) is 13.6. The molecule has 4 atom stereocenters. The van der Waals surface area contributed by atoms with Crippen LogP contribution in [0.15, 0.2) is 54.3 Å². The average molecular weight is 604 g/mol. The monoisotopic (exact) mass is 603 g/mol. The van der Waals surface area contributed by atoms with Crippen molar-refractivity contribution in [1.82, 2.24) is 4.90 Å². The number of hydrogen-bond donors (Lipinski definition) is 0. The highest BCUT2D eigenvalue weighted by Gasteiger charge is 2.60. The minimum absolute atomic E-state index is 0.126. The van der Waals surface area contributed by atoms with Crippen molar-refractivity contribution in [3.63, 3.8) is 0 Å². The van der Waals surface area contributed by atoms with Crippen molar-refractivity contribution in [2.75, 3.05) is 27.0 Å². The standard InChI is InChI=1S/C35H41NO8/c1-33(2)12-7-14-35(44-33,20-29(37)40-21-23-9-5-4-6-10-23)32(38)43-31-28(39-3)19-34-13-8-15-36(34)16-11-24-17-26-27(42-22-41-26)18-25(24)30(31)34/h4-6,9-10,17-19,30-31H,7-8,11-16,20-22H2,1-3H3. The Bertz CT molecular complexity index is 1470. The van der Waals surface area contributed by atoms with Gasteiger partial charge in [-0.2, -0.15) is 0 Å². The van der Waals surface area contributed by atoms with Crippen molar-refractivity contribution in [3.8, 4) is 11.5 Å². The van der Waals surface area contributed by atoms with E-state index in [9.17, 15) is 9.59 Å². The molecule has 1 spiro atoms. The number of benzene rings is 2. The number of ether oxygens (including phenoxy) is 6. The van der Waals surface area contributed by atoms with Crippen LogP contribution >= 0.6 is 0 Å². The van der Waals surface area contributed by atoms with Crippen molar-refractivity contribution in [1.29, 1.82) is 0 Å². The second kappa shape index (κ2) is 11.1. The molecule has 0 N–H and O–H groups in total. The van der Waals surface area contributed by atoms with Crippen molar-refractivity contribution in [3.05, 3.63) is 71.0 Å². The number of hydrogen-bond acceptors (Lipinski definition) is 9. The molecule has 0 bridgehead atoms. The SMILES string of the molecule is COC1=CC23CCCN2CCc2cc4c(cc2C3C1OC(=O)C1(CC(=O)OCc2ccccc2)CCCC(C)(C)O1)OCO4. The van der Waals surface area contributed by atoms with Gasteiger partial charge in [0.05, 0.1) is 30.6 Å². The lowest BCUT2D eigenvalue weighted by Crippen LogP contribution is -2.54. The summed E-state index contributed by atoms with van der Waals surface area (Å²) in [6.07, 6.45) is 5.94. The first-order valence-electron chi connectivity index (χ1n) is 15.8. The fraction of sp³-hybridized carbons (Fsp3) is 0.543. The summed E-state index contributed by atoms with van der Waals surface area (Å²) in [5.41, 5.74) is 0.687. The van der Waals surface area contributed by atoms with Gasteiger partial charge in [0, 0.05) is 6.54 Å². The molecule has 4 heterocycles. The maximum Gasteiger partial charge on any atom is 0.339 e. The van der Waals surface area contributed by atoms with Gasteiger partial charge in [-0.05, 0) is 93.8 Å². The van der Waals surface area contributed by atoms with E-state index in [1.54, 1.807) is 7.11 Å². The van der Waals surface area contributed by atoms with E-state index in [-0.39, 0.29) is 31.3 Å². The number of carbonyl (C=O) groups excluding carboxylic acids is 2. The van der Waals surface area contributed by atoms with Gasteiger partial charge >= 0.3 is 11.9 Å². The van der Waals surface area contributed by atoms with Gasteiger partial charge in [0.15, 0.2) is 23.2 Å². The minimum Gasteiger partial charge on any atom is -0.497 e. The molecule has 234 valence electrons. The first-order valence-corrected chi connectivity index (χ1v) is 15.8. The lowest BCUT2D eigenvalue weighted by molar-refractivity contribution is -0.217. The molecule has 0 amide bonds. The largest absolute Gasteiger partial charge is 0.497 e. The molecule has 4 unspecified atom stereocenters. The molecule has 44 heavy (non-hydrogen) atoms. The van der Waals surface area contributed by atoms with E-state index in [0.29, 0.717) is 17.9 Å². The quantitative estimate of drug-likeness (QED) is 0.396. The van der Waals surface area contributed by atoms with Crippen LogP contribution in [-0.4, -0.2) is 66.7 Å². The fourth-order valence-electron chi connectivity index (χ4n) is 8.11. The third kappa shape index (κ3) is 5.04. The third-order valence-corrected chi connectivity index (χ3v) is 10.1. The van der Waals surface area contributed by atoms with Crippen molar-refractivity contribution < 1.29 is 38.0 Å². The van der Waals surface area contributed by atoms with E-state index >= 15 is 0 Å². The Morgan fingerprint density at radius 1 is 1.00 bits per heavy atom. The summed E-state index contributed by atoms with van der Waals surface area (Å²) < 4.78 is 36.2. The second-order valence-electron chi connectivity index (χ2n) is 13.3. The zero-order valence-corrected chi connectivity index (χ0v) is 25.8. The highest BCUT2D eigenvalue weighted by atomic mass is 16.7. The molecule has 2 fully saturated rings. The molecule has 9 nitrogen and oxygen atoms in total. The van der Waals surface area contributed by atoms with Crippen LogP contribution < -0.4 is 9.47 Å². The number of methoxy groups -OCH3 is 1. The lowest BCUT2D eigenvalue weighted by Gasteiger charge is -2.44. The number of fused-ring (bicyclic) bond motifs is 3. The van der Waals surface area contributed by atoms with Crippen molar-refractivity contribution in [2.45, 2.75) is 94.2 Å². The average Bonchev–Trinajstić information content (AvgIpc) is 3.69. The van der Waals surface area contributed by atoms with Gasteiger partial charge in [0.25, 0.3) is 0 Å². The summed E-state index contributed by atoms with van der Waals surface area (Å²) in [4.78, 5) is 30.3. The van der Waals surface area contributed by atoms with Gasteiger partial charge in [-0.15, -0.1) is 0 Å². The Morgan fingerprint density at radius 2 is 1.80 bits per heavy atom. The summed E-state index contributed by atoms with van der Waals surface area (Å²) in [7, 11) is 1.63. The van der Waals surface area contributed by atoms with Crippen LogP contribution in [0.25, 0.3) is 0 Å². The number of esters is 2. The Morgan fingerprint density at radius 3 is 2.57 bits per heavy atom. The highest BCUT2D eigenvalue weighted by Crippen LogP contribution is 2.56. The maximum atomic E-state index is 14.5. The molecule has 2 aromatic rings. The maximum absolute atomic E-state index is 14.5. The van der Waals surface area contributed by atoms with E-state index < -0.39 is 29.2 Å². The molecule has 2 aromatic carbocycles. The Hall–Kier alpha value is -3.56. The van der Waals surface area contributed by atoms with E-state index in [4.69, 9.17) is 28.4 Å². The second-order valence-corrected chi connectivity index (χ2v) is 13.3. The van der Waals surface area contributed by atoms with Gasteiger partial charge in [0.1, 0.15) is 12.4 Å².